The molecule has 0 bridgehead atoms. The summed E-state index contributed by atoms with van der Waals surface area (Å²) in [5.41, 5.74) is 2.20. The number of ether oxygens (including phenoxy) is 1. The molecular weight excluding hydrogens is 514 g/mol. The van der Waals surface area contributed by atoms with Gasteiger partial charge in [0.25, 0.3) is 11.8 Å². The van der Waals surface area contributed by atoms with E-state index in [0.29, 0.717) is 17.9 Å². The molecule has 3 rings (SSSR count). The van der Waals surface area contributed by atoms with Crippen LogP contribution < -0.4 is 15.4 Å². The molecule has 1 fully saturated rings. The van der Waals surface area contributed by atoms with Gasteiger partial charge in [-0.15, -0.1) is 18.3 Å². The lowest BCUT2D eigenvalue weighted by Gasteiger charge is -2.31. The Balaban J connectivity index is 1.75. The fraction of sp³-hybridized carbons (Fsp3) is 0.433. The van der Waals surface area contributed by atoms with E-state index in [0.717, 1.165) is 16.7 Å². The van der Waals surface area contributed by atoms with Crippen LogP contribution in [0.1, 0.15) is 37.5 Å². The lowest BCUT2D eigenvalue weighted by Crippen LogP contribution is -2.58. The van der Waals surface area contributed by atoms with E-state index in [1.54, 1.807) is 6.08 Å². The molecule has 0 saturated carbocycles. The summed E-state index contributed by atoms with van der Waals surface area (Å²) in [5.74, 6) is 0.0148. The summed E-state index contributed by atoms with van der Waals surface area (Å²) >= 11 is 1.45. The van der Waals surface area contributed by atoms with Gasteiger partial charge in [-0.25, -0.2) is 0 Å². The van der Waals surface area contributed by atoms with E-state index in [1.165, 1.54) is 16.7 Å². The van der Waals surface area contributed by atoms with Crippen molar-refractivity contribution in [2.24, 2.45) is 0 Å². The molecule has 0 unspecified atom stereocenters. The fourth-order valence-corrected chi connectivity index (χ4v) is 5.57. The minimum absolute atomic E-state index is 0.228. The van der Waals surface area contributed by atoms with Gasteiger partial charge in [0.2, 0.25) is 5.91 Å². The first-order chi connectivity index (χ1) is 18.5. The molecular formula is C30H39N3O5S. The average Bonchev–Trinajstić information content (AvgIpc) is 3.37. The summed E-state index contributed by atoms with van der Waals surface area (Å²) in [4.78, 5) is 40.7. The number of amides is 3. The van der Waals surface area contributed by atoms with Crippen LogP contribution in [0.4, 0.5) is 0 Å². The third-order valence-corrected chi connectivity index (χ3v) is 7.26. The zero-order valence-electron chi connectivity index (χ0n) is 23.1. The number of nitrogens with zero attached hydrogens (tertiary/aromatic N) is 1. The van der Waals surface area contributed by atoms with Crippen molar-refractivity contribution >= 4 is 29.5 Å². The molecule has 1 aliphatic heterocycles. The zero-order valence-corrected chi connectivity index (χ0v) is 23.9. The number of nitrogens with one attached hydrogen (secondary N) is 2. The SMILES string of the molecule is C=CCc1cccc(C)c1OCC(=O)N[C@@H](Cc1ccccc1)[C@H](O)C(=O)N1CSC[C@H]1C(=O)NC(C)(C)C. The van der Waals surface area contributed by atoms with Crippen molar-refractivity contribution in [1.82, 2.24) is 15.5 Å². The van der Waals surface area contributed by atoms with Crippen molar-refractivity contribution in [3.05, 3.63) is 77.9 Å². The predicted octanol–water partition coefficient (Wildman–Crippen LogP) is 3.01. The largest absolute Gasteiger partial charge is 0.483 e. The number of rotatable bonds is 11. The van der Waals surface area contributed by atoms with Crippen LogP contribution in [0.5, 0.6) is 5.75 Å². The summed E-state index contributed by atoms with van der Waals surface area (Å²) in [5, 5.41) is 16.9. The van der Waals surface area contributed by atoms with Crippen molar-refractivity contribution in [2.45, 2.75) is 64.3 Å². The highest BCUT2D eigenvalue weighted by atomic mass is 32.2. The normalized spacial score (nSPS) is 16.7. The molecule has 3 amide bonds. The second-order valence-electron chi connectivity index (χ2n) is 10.7. The molecule has 2 aromatic rings. The van der Waals surface area contributed by atoms with Crippen LogP contribution in [-0.4, -0.2) is 69.7 Å². The molecule has 210 valence electrons. The molecule has 1 aliphatic rings. The van der Waals surface area contributed by atoms with Crippen LogP contribution in [-0.2, 0) is 27.2 Å². The number of carbonyl (C=O) groups excluding carboxylic acids is 3. The Morgan fingerprint density at radius 3 is 2.56 bits per heavy atom. The molecule has 0 aromatic heterocycles. The second-order valence-corrected chi connectivity index (χ2v) is 11.7. The van der Waals surface area contributed by atoms with Gasteiger partial charge in [-0.05, 0) is 57.2 Å². The first kappa shape index (κ1) is 30.2. The number of allylic oxidation sites excluding steroid dienone is 1. The van der Waals surface area contributed by atoms with Crippen LogP contribution in [0, 0.1) is 6.92 Å². The number of benzene rings is 2. The zero-order chi connectivity index (χ0) is 28.6. The van der Waals surface area contributed by atoms with Crippen LogP contribution in [0.15, 0.2) is 61.2 Å². The molecule has 0 spiro atoms. The number of hydrogen-bond acceptors (Lipinski definition) is 6. The van der Waals surface area contributed by atoms with Crippen molar-refractivity contribution < 1.29 is 24.2 Å². The maximum absolute atomic E-state index is 13.5. The lowest BCUT2D eigenvalue weighted by atomic mass is 9.99. The minimum Gasteiger partial charge on any atom is -0.483 e. The molecule has 2 aromatic carbocycles. The Morgan fingerprint density at radius 1 is 1.18 bits per heavy atom. The monoisotopic (exact) mass is 553 g/mol. The first-order valence-corrected chi connectivity index (χ1v) is 14.2. The number of aliphatic hydroxyl groups excluding tert-OH is 1. The third kappa shape index (κ3) is 8.60. The average molecular weight is 554 g/mol. The standard InChI is InChI=1S/C30H39N3O5S/c1-6-11-22-15-10-12-20(2)27(22)38-17-25(34)31-23(16-21-13-8-7-9-14-21)26(35)29(37)33-19-39-18-24(33)28(36)32-30(3,4)5/h6-10,12-15,23-24,26,35H,1,11,16-19H2,2-5H3,(H,31,34)(H,32,36)/t23-,24-,26-/m0/s1. The van der Waals surface area contributed by atoms with Crippen LogP contribution in [0.2, 0.25) is 0 Å². The Bertz CT molecular complexity index is 1160. The number of thioether (sulfide) groups is 1. The van der Waals surface area contributed by atoms with Gasteiger partial charge in [-0.3, -0.25) is 14.4 Å². The number of aliphatic hydroxyl groups is 1. The Kier molecular flexibility index (Phi) is 10.6. The van der Waals surface area contributed by atoms with E-state index in [-0.39, 0.29) is 24.8 Å². The highest BCUT2D eigenvalue weighted by molar-refractivity contribution is 7.99. The summed E-state index contributed by atoms with van der Waals surface area (Å²) in [7, 11) is 0. The van der Waals surface area contributed by atoms with Gasteiger partial charge in [0.15, 0.2) is 12.7 Å². The highest BCUT2D eigenvalue weighted by Gasteiger charge is 2.40. The van der Waals surface area contributed by atoms with Crippen LogP contribution >= 0.6 is 11.8 Å². The van der Waals surface area contributed by atoms with Crippen molar-refractivity contribution in [3.63, 3.8) is 0 Å². The summed E-state index contributed by atoms with van der Waals surface area (Å²) in [6, 6.07) is 13.4. The molecule has 3 N–H and O–H groups in total. The van der Waals surface area contributed by atoms with Gasteiger partial charge < -0.3 is 25.4 Å². The summed E-state index contributed by atoms with van der Waals surface area (Å²) in [6.07, 6.45) is 1.05. The van der Waals surface area contributed by atoms with E-state index in [4.69, 9.17) is 4.74 Å². The number of para-hydroxylation sites is 1. The van der Waals surface area contributed by atoms with E-state index in [2.05, 4.69) is 17.2 Å². The Morgan fingerprint density at radius 2 is 1.90 bits per heavy atom. The van der Waals surface area contributed by atoms with Gasteiger partial charge in [0.1, 0.15) is 11.8 Å². The van der Waals surface area contributed by atoms with Crippen LogP contribution in [0.25, 0.3) is 0 Å². The third-order valence-electron chi connectivity index (χ3n) is 6.25. The summed E-state index contributed by atoms with van der Waals surface area (Å²) < 4.78 is 5.88. The number of aryl methyl sites for hydroxylation is 1. The van der Waals surface area contributed by atoms with Crippen molar-refractivity contribution in [3.8, 4) is 5.75 Å². The van der Waals surface area contributed by atoms with Crippen molar-refractivity contribution in [1.29, 1.82) is 0 Å². The second kappa shape index (κ2) is 13.7. The van der Waals surface area contributed by atoms with Crippen LogP contribution in [0.3, 0.4) is 0 Å². The van der Waals surface area contributed by atoms with E-state index < -0.39 is 35.5 Å². The van der Waals surface area contributed by atoms with Gasteiger partial charge in [0, 0.05) is 11.3 Å². The lowest BCUT2D eigenvalue weighted by molar-refractivity contribution is -0.147. The molecule has 0 radical (unpaired) electrons. The predicted molar refractivity (Wildman–Crippen MR) is 155 cm³/mol. The number of hydrogen-bond donors (Lipinski definition) is 3. The molecule has 9 heteroatoms. The summed E-state index contributed by atoms with van der Waals surface area (Å²) in [6.45, 7) is 11.0. The molecule has 1 saturated heterocycles. The Labute approximate surface area is 235 Å². The van der Waals surface area contributed by atoms with Gasteiger partial charge in [0.05, 0.1) is 11.9 Å². The molecule has 3 atom stereocenters. The van der Waals surface area contributed by atoms with E-state index in [9.17, 15) is 19.5 Å². The minimum atomic E-state index is -1.55. The molecule has 39 heavy (non-hydrogen) atoms. The highest BCUT2D eigenvalue weighted by Crippen LogP contribution is 2.25. The number of carbonyl (C=O) groups is 3. The first-order valence-electron chi connectivity index (χ1n) is 13.0. The molecule has 0 aliphatic carbocycles. The maximum Gasteiger partial charge on any atom is 0.258 e. The quantitative estimate of drug-likeness (QED) is 0.369. The van der Waals surface area contributed by atoms with Gasteiger partial charge in [-0.2, -0.15) is 0 Å². The Hall–Kier alpha value is -3.30. The fourth-order valence-electron chi connectivity index (χ4n) is 4.40. The van der Waals surface area contributed by atoms with Gasteiger partial charge in [-0.1, -0.05) is 54.6 Å². The topological polar surface area (TPSA) is 108 Å². The maximum atomic E-state index is 13.5. The molecule has 8 nitrogen and oxygen atoms in total. The smallest absolute Gasteiger partial charge is 0.258 e. The molecule has 1 heterocycles. The van der Waals surface area contributed by atoms with Crippen molar-refractivity contribution in [2.75, 3.05) is 18.2 Å². The van der Waals surface area contributed by atoms with E-state index >= 15 is 0 Å². The van der Waals surface area contributed by atoms with Gasteiger partial charge >= 0.3 is 0 Å². The van der Waals surface area contributed by atoms with E-state index in [1.807, 2.05) is 76.2 Å².